The highest BCUT2D eigenvalue weighted by Gasteiger charge is 2.25. The summed E-state index contributed by atoms with van der Waals surface area (Å²) in [5.74, 6) is 0.0514. The van der Waals surface area contributed by atoms with Gasteiger partial charge in [0.25, 0.3) is 5.91 Å². The molecule has 3 heterocycles. The first-order valence-electron chi connectivity index (χ1n) is 7.51. The number of hydrogen-bond acceptors (Lipinski definition) is 3. The van der Waals surface area contributed by atoms with E-state index in [2.05, 4.69) is 10.1 Å². The molecule has 1 N–H and O–H groups in total. The first kappa shape index (κ1) is 14.6. The van der Waals surface area contributed by atoms with Crippen molar-refractivity contribution in [1.82, 2.24) is 19.7 Å². The van der Waals surface area contributed by atoms with Crippen molar-refractivity contribution < 1.29 is 4.79 Å². The molecular weight excluding hydrogens is 280 g/mol. The molecule has 0 bridgehead atoms. The Hall–Kier alpha value is -2.37. The van der Waals surface area contributed by atoms with Crippen LogP contribution in [0.3, 0.4) is 0 Å². The number of aryl methyl sites for hydroxylation is 1. The highest BCUT2D eigenvalue weighted by molar-refractivity contribution is 5.95. The Morgan fingerprint density at radius 2 is 2.09 bits per heavy atom. The summed E-state index contributed by atoms with van der Waals surface area (Å²) < 4.78 is 1.95. The number of carbonyl (C=O) groups is 1. The van der Waals surface area contributed by atoms with Crippen molar-refractivity contribution in [2.24, 2.45) is 0 Å². The molecule has 0 unspecified atom stereocenters. The van der Waals surface area contributed by atoms with Gasteiger partial charge in [-0.3, -0.25) is 14.3 Å². The molecule has 22 heavy (non-hydrogen) atoms. The number of carbonyl (C=O) groups excluding carboxylic acids is 1. The Morgan fingerprint density at radius 3 is 2.82 bits per heavy atom. The van der Waals surface area contributed by atoms with Gasteiger partial charge in [0.2, 0.25) is 5.56 Å². The van der Waals surface area contributed by atoms with E-state index in [-0.39, 0.29) is 17.4 Å². The van der Waals surface area contributed by atoms with E-state index in [4.69, 9.17) is 0 Å². The quantitative estimate of drug-likeness (QED) is 0.917. The van der Waals surface area contributed by atoms with E-state index in [1.165, 1.54) is 6.07 Å². The van der Waals surface area contributed by atoms with E-state index in [0.29, 0.717) is 30.9 Å². The smallest absolute Gasteiger partial charge is 0.256 e. The Bertz CT molecular complexity index is 773. The third-order valence-electron chi connectivity index (χ3n) is 3.96. The van der Waals surface area contributed by atoms with Gasteiger partial charge in [0.05, 0.1) is 30.0 Å². The van der Waals surface area contributed by atoms with Crippen LogP contribution in [0.1, 0.15) is 47.2 Å². The van der Waals surface area contributed by atoms with Crippen LogP contribution in [0.4, 0.5) is 0 Å². The molecule has 0 saturated heterocycles. The van der Waals surface area contributed by atoms with Crippen molar-refractivity contribution in [3.8, 4) is 0 Å². The third-order valence-corrected chi connectivity index (χ3v) is 3.96. The van der Waals surface area contributed by atoms with Gasteiger partial charge in [-0.05, 0) is 25.0 Å². The van der Waals surface area contributed by atoms with Crippen LogP contribution in [0, 0.1) is 6.92 Å². The summed E-state index contributed by atoms with van der Waals surface area (Å²) in [5.41, 5.74) is 3.13. The Balaban J connectivity index is 1.91. The Kier molecular flexibility index (Phi) is 3.60. The fraction of sp³-hybridized carbons (Fsp3) is 0.438. The number of aromatic nitrogens is 3. The van der Waals surface area contributed by atoms with E-state index >= 15 is 0 Å². The van der Waals surface area contributed by atoms with Gasteiger partial charge in [0, 0.05) is 18.3 Å². The number of amides is 1. The lowest BCUT2D eigenvalue weighted by Crippen LogP contribution is -2.39. The minimum atomic E-state index is -0.174. The zero-order valence-corrected chi connectivity index (χ0v) is 13.1. The summed E-state index contributed by atoms with van der Waals surface area (Å²) in [6, 6.07) is 5.06. The van der Waals surface area contributed by atoms with Crippen LogP contribution in [0.15, 0.2) is 23.0 Å². The van der Waals surface area contributed by atoms with E-state index in [1.54, 1.807) is 6.07 Å². The van der Waals surface area contributed by atoms with Gasteiger partial charge in [-0.15, -0.1) is 0 Å². The average molecular weight is 300 g/mol. The van der Waals surface area contributed by atoms with Gasteiger partial charge < -0.3 is 9.88 Å². The first-order chi connectivity index (χ1) is 10.5. The summed E-state index contributed by atoms with van der Waals surface area (Å²) >= 11 is 0. The molecule has 1 aliphatic rings. The predicted molar refractivity (Wildman–Crippen MR) is 82.9 cm³/mol. The van der Waals surface area contributed by atoms with Crippen molar-refractivity contribution in [3.05, 3.63) is 51.2 Å². The van der Waals surface area contributed by atoms with Crippen molar-refractivity contribution in [1.29, 1.82) is 0 Å². The zero-order valence-electron chi connectivity index (χ0n) is 13.1. The van der Waals surface area contributed by atoms with Gasteiger partial charge in [0.1, 0.15) is 0 Å². The minimum Gasteiger partial charge on any atom is -0.331 e. The molecule has 3 rings (SSSR count). The minimum absolute atomic E-state index is 0.0370. The molecule has 0 atom stereocenters. The molecule has 0 saturated carbocycles. The van der Waals surface area contributed by atoms with Crippen LogP contribution >= 0.6 is 0 Å². The summed E-state index contributed by atoms with van der Waals surface area (Å²) in [6.45, 7) is 7.78. The molecule has 0 spiro atoms. The predicted octanol–water partition coefficient (Wildman–Crippen LogP) is 1.66. The fourth-order valence-corrected chi connectivity index (χ4v) is 2.89. The number of aromatic amines is 1. The van der Waals surface area contributed by atoms with E-state index in [9.17, 15) is 9.59 Å². The molecule has 6 nitrogen and oxygen atoms in total. The largest absolute Gasteiger partial charge is 0.331 e. The second-order valence-electron chi connectivity index (χ2n) is 6.03. The van der Waals surface area contributed by atoms with Gasteiger partial charge in [-0.2, -0.15) is 5.10 Å². The van der Waals surface area contributed by atoms with Crippen molar-refractivity contribution in [3.63, 3.8) is 0 Å². The van der Waals surface area contributed by atoms with E-state index < -0.39 is 0 Å². The average Bonchev–Trinajstić information content (AvgIpc) is 2.85. The van der Waals surface area contributed by atoms with Crippen LogP contribution in [0.2, 0.25) is 0 Å². The van der Waals surface area contributed by atoms with Crippen LogP contribution < -0.4 is 5.56 Å². The monoisotopic (exact) mass is 300 g/mol. The normalized spacial score (nSPS) is 14.3. The van der Waals surface area contributed by atoms with E-state index in [0.717, 1.165) is 11.4 Å². The van der Waals surface area contributed by atoms with Crippen LogP contribution in [0.5, 0.6) is 0 Å². The summed E-state index contributed by atoms with van der Waals surface area (Å²) in [6.07, 6.45) is 0. The van der Waals surface area contributed by atoms with Gasteiger partial charge in [-0.25, -0.2) is 0 Å². The van der Waals surface area contributed by atoms with Crippen LogP contribution in [-0.2, 0) is 13.1 Å². The van der Waals surface area contributed by atoms with Crippen LogP contribution in [0.25, 0.3) is 0 Å². The van der Waals surface area contributed by atoms with Crippen molar-refractivity contribution in [2.75, 3.05) is 6.54 Å². The highest BCUT2D eigenvalue weighted by atomic mass is 16.2. The molecule has 0 aromatic carbocycles. The highest BCUT2D eigenvalue weighted by Crippen LogP contribution is 2.20. The van der Waals surface area contributed by atoms with Crippen molar-refractivity contribution in [2.45, 2.75) is 39.8 Å². The summed E-state index contributed by atoms with van der Waals surface area (Å²) in [5, 5.41) is 4.41. The fourth-order valence-electron chi connectivity index (χ4n) is 2.89. The topological polar surface area (TPSA) is 71.0 Å². The van der Waals surface area contributed by atoms with Gasteiger partial charge in [-0.1, -0.05) is 13.8 Å². The molecule has 1 amide bonds. The first-order valence-corrected chi connectivity index (χ1v) is 7.51. The summed E-state index contributed by atoms with van der Waals surface area (Å²) in [4.78, 5) is 29.0. The lowest BCUT2D eigenvalue weighted by Gasteiger charge is -2.28. The van der Waals surface area contributed by atoms with Gasteiger partial charge in [0.15, 0.2) is 0 Å². The maximum Gasteiger partial charge on any atom is 0.256 e. The number of fused-ring (bicyclic) bond motifs is 1. The Morgan fingerprint density at radius 1 is 1.32 bits per heavy atom. The lowest BCUT2D eigenvalue weighted by molar-refractivity contribution is 0.0704. The number of pyridine rings is 1. The second-order valence-corrected chi connectivity index (χ2v) is 6.03. The molecule has 6 heteroatoms. The number of nitrogens with one attached hydrogen (secondary N) is 1. The Labute approximate surface area is 128 Å². The lowest BCUT2D eigenvalue weighted by atomic mass is 10.0. The van der Waals surface area contributed by atoms with Crippen molar-refractivity contribution >= 4 is 5.91 Å². The number of H-pyrrole nitrogens is 1. The standard InChI is InChI=1S/C16H20N4O2/c1-10(2)15-13(4-5-14(21)17-15)16(22)19-6-7-20-12(9-19)8-11(3)18-20/h4-5,8,10H,6-7,9H2,1-3H3,(H,17,21). The number of rotatable bonds is 2. The third kappa shape index (κ3) is 2.56. The molecule has 2 aromatic rings. The molecule has 1 aliphatic heterocycles. The van der Waals surface area contributed by atoms with Crippen LogP contribution in [-0.4, -0.2) is 32.1 Å². The maximum absolute atomic E-state index is 12.8. The molecular formula is C16H20N4O2. The summed E-state index contributed by atoms with van der Waals surface area (Å²) in [7, 11) is 0. The molecule has 0 fully saturated rings. The number of nitrogens with zero attached hydrogens (tertiary/aromatic N) is 3. The molecule has 2 aromatic heterocycles. The second kappa shape index (κ2) is 5.44. The molecule has 116 valence electrons. The van der Waals surface area contributed by atoms with E-state index in [1.807, 2.05) is 36.4 Å². The zero-order chi connectivity index (χ0) is 15.9. The maximum atomic E-state index is 12.8. The molecule has 0 radical (unpaired) electrons. The number of hydrogen-bond donors (Lipinski definition) is 1. The SMILES string of the molecule is Cc1cc2n(n1)CCN(C(=O)c1ccc(=O)[nH]c1C(C)C)C2. The molecule has 0 aliphatic carbocycles. The van der Waals surface area contributed by atoms with Gasteiger partial charge >= 0.3 is 0 Å².